The van der Waals surface area contributed by atoms with Crippen molar-refractivity contribution in [1.29, 1.82) is 0 Å². The van der Waals surface area contributed by atoms with Crippen molar-refractivity contribution in [2.45, 2.75) is 78.7 Å². The van der Waals surface area contributed by atoms with Crippen molar-refractivity contribution < 1.29 is 4.79 Å². The number of rotatable bonds is 8. The molecule has 24 heavy (non-hydrogen) atoms. The van der Waals surface area contributed by atoms with Gasteiger partial charge in [-0.05, 0) is 59.1 Å². The van der Waals surface area contributed by atoms with Gasteiger partial charge in [0, 0.05) is 31.7 Å². The van der Waals surface area contributed by atoms with Gasteiger partial charge in [0.1, 0.15) is 0 Å². The lowest BCUT2D eigenvalue weighted by Gasteiger charge is -2.30. The molecule has 0 aliphatic heterocycles. The number of hydrogen-bond donors (Lipinski definition) is 1. The topological polar surface area (TPSA) is 49.6 Å². The molecule has 0 aliphatic rings. The number of likely N-dealkylation sites (N-methyl/N-ethyl adjacent to an activating group) is 1. The van der Waals surface area contributed by atoms with Crippen molar-refractivity contribution in [3.05, 3.63) is 35.4 Å². The van der Waals surface area contributed by atoms with Gasteiger partial charge in [0.05, 0.1) is 6.04 Å². The molecular formula is C20H35N3O. The van der Waals surface area contributed by atoms with Crippen LogP contribution < -0.4 is 5.73 Å². The Kier molecular flexibility index (Phi) is 7.91. The van der Waals surface area contributed by atoms with E-state index in [1.807, 2.05) is 20.9 Å². The summed E-state index contributed by atoms with van der Waals surface area (Å²) in [5, 5.41) is 0. The third-order valence-electron chi connectivity index (χ3n) is 4.61. The van der Waals surface area contributed by atoms with E-state index in [0.717, 1.165) is 12.1 Å². The Balaban J connectivity index is 2.69. The van der Waals surface area contributed by atoms with E-state index in [9.17, 15) is 4.79 Å². The molecule has 0 bridgehead atoms. The molecule has 0 radical (unpaired) electrons. The monoisotopic (exact) mass is 333 g/mol. The molecule has 0 unspecified atom stereocenters. The molecule has 1 aromatic carbocycles. The highest BCUT2D eigenvalue weighted by Crippen LogP contribution is 2.14. The molecule has 1 aromatic rings. The Bertz CT molecular complexity index is 500. The van der Waals surface area contributed by atoms with Gasteiger partial charge < -0.3 is 10.6 Å². The number of amides is 1. The third kappa shape index (κ3) is 5.91. The van der Waals surface area contributed by atoms with Crippen LogP contribution in [0.2, 0.25) is 0 Å². The zero-order valence-electron chi connectivity index (χ0n) is 16.4. The van der Waals surface area contributed by atoms with Crippen LogP contribution in [-0.4, -0.2) is 46.9 Å². The normalized spacial score (nSPS) is 13.2. The maximum Gasteiger partial charge on any atom is 0.239 e. The molecule has 0 spiro atoms. The molecule has 0 saturated heterocycles. The average molecular weight is 334 g/mol. The van der Waals surface area contributed by atoms with Crippen molar-refractivity contribution in [2.24, 2.45) is 5.73 Å². The Morgan fingerprint density at radius 3 is 1.79 bits per heavy atom. The highest BCUT2D eigenvalue weighted by atomic mass is 16.2. The summed E-state index contributed by atoms with van der Waals surface area (Å²) in [6.07, 6.45) is 0.578. The van der Waals surface area contributed by atoms with Crippen LogP contribution in [0.1, 0.15) is 52.7 Å². The summed E-state index contributed by atoms with van der Waals surface area (Å²) in [6.45, 7) is 13.8. The summed E-state index contributed by atoms with van der Waals surface area (Å²) in [5.74, 6) is -0.000123. The molecule has 1 rings (SSSR count). The van der Waals surface area contributed by atoms with E-state index < -0.39 is 6.04 Å². The summed E-state index contributed by atoms with van der Waals surface area (Å²) in [5.41, 5.74) is 8.49. The minimum Gasteiger partial charge on any atom is -0.342 e. The summed E-state index contributed by atoms with van der Waals surface area (Å²) in [7, 11) is 1.81. The third-order valence-corrected chi connectivity index (χ3v) is 4.61. The average Bonchev–Trinajstić information content (AvgIpc) is 2.51. The number of nitrogens with zero attached hydrogens (tertiary/aromatic N) is 2. The van der Waals surface area contributed by atoms with Crippen LogP contribution in [0, 0.1) is 0 Å². The summed E-state index contributed by atoms with van der Waals surface area (Å²) >= 11 is 0. The van der Waals surface area contributed by atoms with Gasteiger partial charge in [-0.25, -0.2) is 0 Å². The predicted molar refractivity (Wildman–Crippen MR) is 102 cm³/mol. The molecule has 136 valence electrons. The molecule has 4 nitrogen and oxygen atoms in total. The Morgan fingerprint density at radius 1 is 0.917 bits per heavy atom. The summed E-state index contributed by atoms with van der Waals surface area (Å²) in [4.78, 5) is 16.4. The lowest BCUT2D eigenvalue weighted by atomic mass is 10.0. The first-order valence-electron chi connectivity index (χ1n) is 8.99. The Morgan fingerprint density at radius 2 is 1.38 bits per heavy atom. The SMILES string of the molecule is CC(C)N(C)C(=O)[C@H](N)Cc1ccc(CN(C(C)C)C(C)C)cc1. The van der Waals surface area contributed by atoms with Gasteiger partial charge in [0.25, 0.3) is 0 Å². The first-order valence-corrected chi connectivity index (χ1v) is 8.99. The van der Waals surface area contributed by atoms with E-state index >= 15 is 0 Å². The maximum atomic E-state index is 12.2. The molecule has 0 aromatic heterocycles. The predicted octanol–water partition coefficient (Wildman–Crippen LogP) is 3.04. The van der Waals surface area contributed by atoms with Crippen molar-refractivity contribution in [3.63, 3.8) is 0 Å². The second-order valence-electron chi connectivity index (χ2n) is 7.53. The van der Waals surface area contributed by atoms with Gasteiger partial charge in [0.2, 0.25) is 5.91 Å². The van der Waals surface area contributed by atoms with Crippen LogP contribution in [-0.2, 0) is 17.8 Å². The second kappa shape index (κ2) is 9.19. The summed E-state index contributed by atoms with van der Waals surface area (Å²) < 4.78 is 0. The van der Waals surface area contributed by atoms with E-state index in [2.05, 4.69) is 56.9 Å². The Labute approximate surface area is 148 Å². The number of nitrogens with two attached hydrogens (primary N) is 1. The molecule has 4 heteroatoms. The van der Waals surface area contributed by atoms with Crippen molar-refractivity contribution in [2.75, 3.05) is 7.05 Å². The van der Waals surface area contributed by atoms with Gasteiger partial charge in [-0.2, -0.15) is 0 Å². The highest BCUT2D eigenvalue weighted by molar-refractivity contribution is 5.82. The second-order valence-corrected chi connectivity index (χ2v) is 7.53. The fourth-order valence-corrected chi connectivity index (χ4v) is 2.81. The van der Waals surface area contributed by atoms with Gasteiger partial charge in [-0.3, -0.25) is 9.69 Å². The minimum absolute atomic E-state index is 0.000123. The Hall–Kier alpha value is -1.39. The van der Waals surface area contributed by atoms with Crippen molar-refractivity contribution >= 4 is 5.91 Å². The van der Waals surface area contributed by atoms with Crippen molar-refractivity contribution in [3.8, 4) is 0 Å². The minimum atomic E-state index is -0.480. The van der Waals surface area contributed by atoms with E-state index in [0.29, 0.717) is 18.5 Å². The largest absolute Gasteiger partial charge is 0.342 e. The van der Waals surface area contributed by atoms with Gasteiger partial charge in [-0.15, -0.1) is 0 Å². The van der Waals surface area contributed by atoms with E-state index in [-0.39, 0.29) is 11.9 Å². The molecule has 0 heterocycles. The first kappa shape index (κ1) is 20.7. The van der Waals surface area contributed by atoms with Crippen LogP contribution in [0.5, 0.6) is 0 Å². The fourth-order valence-electron chi connectivity index (χ4n) is 2.81. The van der Waals surface area contributed by atoms with Crippen LogP contribution in [0.15, 0.2) is 24.3 Å². The number of carbonyl (C=O) groups excluding carboxylic acids is 1. The van der Waals surface area contributed by atoms with E-state index in [1.54, 1.807) is 4.90 Å². The molecule has 1 atom stereocenters. The molecule has 0 aliphatic carbocycles. The van der Waals surface area contributed by atoms with Gasteiger partial charge in [0.15, 0.2) is 0 Å². The lowest BCUT2D eigenvalue weighted by Crippen LogP contribution is -2.45. The van der Waals surface area contributed by atoms with Gasteiger partial charge >= 0.3 is 0 Å². The molecular weight excluding hydrogens is 298 g/mol. The van der Waals surface area contributed by atoms with E-state index in [1.165, 1.54) is 5.56 Å². The standard InChI is InChI=1S/C20H35N3O/c1-14(2)22(7)20(24)19(21)12-17-8-10-18(11-9-17)13-23(15(3)4)16(5)6/h8-11,14-16,19H,12-13,21H2,1-7H3/t19-/m1/s1. The van der Waals surface area contributed by atoms with Crippen LogP contribution in [0.25, 0.3) is 0 Å². The zero-order chi connectivity index (χ0) is 18.4. The van der Waals surface area contributed by atoms with Crippen LogP contribution >= 0.6 is 0 Å². The highest BCUT2D eigenvalue weighted by Gasteiger charge is 2.20. The van der Waals surface area contributed by atoms with Crippen molar-refractivity contribution in [1.82, 2.24) is 9.80 Å². The molecule has 0 fully saturated rings. The molecule has 1 amide bonds. The quantitative estimate of drug-likeness (QED) is 0.795. The fraction of sp³-hybridized carbons (Fsp3) is 0.650. The molecule has 0 saturated carbocycles. The summed E-state index contributed by atoms with van der Waals surface area (Å²) in [6, 6.07) is 9.21. The smallest absolute Gasteiger partial charge is 0.239 e. The number of benzene rings is 1. The number of hydrogen-bond acceptors (Lipinski definition) is 3. The van der Waals surface area contributed by atoms with Crippen LogP contribution in [0.3, 0.4) is 0 Å². The maximum absolute atomic E-state index is 12.2. The van der Waals surface area contributed by atoms with E-state index in [4.69, 9.17) is 5.73 Å². The lowest BCUT2D eigenvalue weighted by molar-refractivity contribution is -0.132. The van der Waals surface area contributed by atoms with Gasteiger partial charge in [-0.1, -0.05) is 24.3 Å². The molecule has 2 N–H and O–H groups in total. The van der Waals surface area contributed by atoms with Crippen LogP contribution in [0.4, 0.5) is 0 Å². The first-order chi connectivity index (χ1) is 11.1. The zero-order valence-corrected chi connectivity index (χ0v) is 16.4. The number of carbonyl (C=O) groups is 1.